The van der Waals surface area contributed by atoms with Gasteiger partial charge in [-0.3, -0.25) is 0 Å². The zero-order valence-corrected chi connectivity index (χ0v) is 13.4. The van der Waals surface area contributed by atoms with Crippen molar-refractivity contribution in [2.45, 2.75) is 57.7 Å². The lowest BCUT2D eigenvalue weighted by molar-refractivity contribution is 0.170. The first kappa shape index (κ1) is 15.3. The second kappa shape index (κ2) is 5.33. The number of methoxy groups -OCH3 is 1. The first-order valence-corrected chi connectivity index (χ1v) is 7.08. The van der Waals surface area contributed by atoms with E-state index in [2.05, 4.69) is 53.3 Å². The summed E-state index contributed by atoms with van der Waals surface area (Å²) in [6.45, 7) is 8.79. The normalized spacial score (nSPS) is 21.5. The molecule has 2 rings (SSSR count). The number of halogens is 1. The predicted molar refractivity (Wildman–Crippen MR) is 79.3 cm³/mol. The zero-order chi connectivity index (χ0) is 15.0. The van der Waals surface area contributed by atoms with Crippen LogP contribution in [0.1, 0.15) is 40.5 Å². The van der Waals surface area contributed by atoms with Gasteiger partial charge in [-0.15, -0.1) is 0 Å². The summed E-state index contributed by atoms with van der Waals surface area (Å²) in [6.07, 6.45) is 1.95. The highest BCUT2D eigenvalue weighted by atomic mass is 35.5. The molecule has 1 aliphatic heterocycles. The molecule has 1 aromatic rings. The molecule has 0 atom stereocenters. The minimum absolute atomic E-state index is 0.0559. The fourth-order valence-electron chi connectivity index (χ4n) is 3.09. The van der Waals surface area contributed by atoms with Crippen LogP contribution in [-0.4, -0.2) is 39.2 Å². The average Bonchev–Trinajstić information content (AvgIpc) is 2.23. The standard InChI is InChI=1S/C13H22ClN5O/c1-12(2)6-8(7-13(3,4)19-12)15-10-16-9(14)17-11(18-10)20-5/h8,19H,6-7H2,1-5H3,(H,15,16,17,18). The van der Waals surface area contributed by atoms with E-state index in [1.807, 2.05) is 0 Å². The molecule has 0 amide bonds. The zero-order valence-electron chi connectivity index (χ0n) is 12.6. The Labute approximate surface area is 124 Å². The van der Waals surface area contributed by atoms with Gasteiger partial charge in [-0.25, -0.2) is 0 Å². The van der Waals surface area contributed by atoms with Crippen LogP contribution in [0.25, 0.3) is 0 Å². The van der Waals surface area contributed by atoms with Crippen molar-refractivity contribution >= 4 is 17.5 Å². The molecule has 2 heterocycles. The Balaban J connectivity index is 2.15. The van der Waals surface area contributed by atoms with Gasteiger partial charge in [0.05, 0.1) is 7.11 Å². The third-order valence-corrected chi connectivity index (χ3v) is 3.46. The van der Waals surface area contributed by atoms with Crippen LogP contribution in [0.15, 0.2) is 0 Å². The van der Waals surface area contributed by atoms with Crippen molar-refractivity contribution in [3.63, 3.8) is 0 Å². The molecule has 1 aliphatic rings. The van der Waals surface area contributed by atoms with Crippen LogP contribution in [-0.2, 0) is 0 Å². The van der Waals surface area contributed by atoms with E-state index in [0.717, 1.165) is 12.8 Å². The topological polar surface area (TPSA) is 72.0 Å². The molecule has 0 saturated carbocycles. The van der Waals surface area contributed by atoms with Gasteiger partial charge in [0.15, 0.2) is 0 Å². The predicted octanol–water partition coefficient (Wildman–Crippen LogP) is 2.25. The number of rotatable bonds is 3. The van der Waals surface area contributed by atoms with Crippen LogP contribution in [0.2, 0.25) is 5.28 Å². The number of anilines is 1. The molecule has 0 aliphatic carbocycles. The third kappa shape index (κ3) is 3.93. The van der Waals surface area contributed by atoms with E-state index in [1.165, 1.54) is 7.11 Å². The number of nitrogens with one attached hydrogen (secondary N) is 2. The maximum absolute atomic E-state index is 5.86. The van der Waals surface area contributed by atoms with Gasteiger partial charge in [-0.05, 0) is 52.1 Å². The molecule has 0 unspecified atom stereocenters. The SMILES string of the molecule is COc1nc(Cl)nc(NC2CC(C)(C)NC(C)(C)C2)n1. The van der Waals surface area contributed by atoms with E-state index in [4.69, 9.17) is 16.3 Å². The van der Waals surface area contributed by atoms with Crippen molar-refractivity contribution in [1.29, 1.82) is 0 Å². The highest BCUT2D eigenvalue weighted by Gasteiger charge is 2.37. The Kier molecular flexibility index (Phi) is 4.07. The molecule has 2 N–H and O–H groups in total. The minimum Gasteiger partial charge on any atom is -0.467 e. The third-order valence-electron chi connectivity index (χ3n) is 3.29. The van der Waals surface area contributed by atoms with E-state index in [9.17, 15) is 0 Å². The Bertz CT molecular complexity index is 476. The molecular weight excluding hydrogens is 278 g/mol. The van der Waals surface area contributed by atoms with Crippen molar-refractivity contribution in [1.82, 2.24) is 20.3 Å². The lowest BCUT2D eigenvalue weighted by atomic mass is 9.80. The lowest BCUT2D eigenvalue weighted by Gasteiger charge is -2.46. The first-order chi connectivity index (χ1) is 9.19. The van der Waals surface area contributed by atoms with Gasteiger partial charge in [0.25, 0.3) is 0 Å². The van der Waals surface area contributed by atoms with Gasteiger partial charge >= 0.3 is 6.01 Å². The molecule has 1 saturated heterocycles. The summed E-state index contributed by atoms with van der Waals surface area (Å²) < 4.78 is 5.01. The highest BCUT2D eigenvalue weighted by molar-refractivity contribution is 6.28. The summed E-state index contributed by atoms with van der Waals surface area (Å²) in [6, 6.07) is 0.490. The van der Waals surface area contributed by atoms with E-state index >= 15 is 0 Å². The van der Waals surface area contributed by atoms with Crippen LogP contribution in [0.4, 0.5) is 5.95 Å². The molecular formula is C13H22ClN5O. The number of ether oxygens (including phenoxy) is 1. The molecule has 1 fully saturated rings. The number of piperidine rings is 1. The second-order valence-electron chi connectivity index (χ2n) is 6.56. The van der Waals surface area contributed by atoms with E-state index in [1.54, 1.807) is 0 Å². The minimum atomic E-state index is 0.0559. The summed E-state index contributed by atoms with van der Waals surface area (Å²) in [5.74, 6) is 0.459. The maximum atomic E-state index is 5.86. The van der Waals surface area contributed by atoms with Gasteiger partial charge in [0.1, 0.15) is 0 Å². The van der Waals surface area contributed by atoms with Crippen molar-refractivity contribution in [2.75, 3.05) is 12.4 Å². The Morgan fingerprint density at radius 2 is 1.75 bits per heavy atom. The van der Waals surface area contributed by atoms with Gasteiger partial charge < -0.3 is 15.4 Å². The Morgan fingerprint density at radius 1 is 1.15 bits per heavy atom. The number of hydrogen-bond acceptors (Lipinski definition) is 6. The molecule has 112 valence electrons. The maximum Gasteiger partial charge on any atom is 0.322 e. The first-order valence-electron chi connectivity index (χ1n) is 6.71. The van der Waals surface area contributed by atoms with Gasteiger partial charge in [-0.1, -0.05) is 0 Å². The molecule has 0 aromatic carbocycles. The summed E-state index contributed by atoms with van der Waals surface area (Å²) in [7, 11) is 1.51. The van der Waals surface area contributed by atoms with Crippen LogP contribution >= 0.6 is 11.6 Å². The molecule has 20 heavy (non-hydrogen) atoms. The van der Waals surface area contributed by atoms with E-state index in [-0.39, 0.29) is 28.4 Å². The number of hydrogen-bond donors (Lipinski definition) is 2. The molecule has 0 spiro atoms. The summed E-state index contributed by atoms with van der Waals surface area (Å²) in [4.78, 5) is 12.2. The fourth-order valence-corrected chi connectivity index (χ4v) is 3.25. The Morgan fingerprint density at radius 3 is 2.30 bits per heavy atom. The quantitative estimate of drug-likeness (QED) is 0.892. The van der Waals surface area contributed by atoms with Crippen molar-refractivity contribution in [3.05, 3.63) is 5.28 Å². The van der Waals surface area contributed by atoms with Crippen molar-refractivity contribution in [3.8, 4) is 6.01 Å². The lowest BCUT2D eigenvalue weighted by Crippen LogP contribution is -2.60. The van der Waals surface area contributed by atoms with Crippen LogP contribution in [0, 0.1) is 0 Å². The van der Waals surface area contributed by atoms with Crippen molar-refractivity contribution in [2.24, 2.45) is 0 Å². The number of nitrogens with zero attached hydrogens (tertiary/aromatic N) is 3. The van der Waals surface area contributed by atoms with E-state index in [0.29, 0.717) is 5.95 Å². The largest absolute Gasteiger partial charge is 0.467 e. The molecule has 1 aromatic heterocycles. The molecule has 0 bridgehead atoms. The highest BCUT2D eigenvalue weighted by Crippen LogP contribution is 2.30. The summed E-state index contributed by atoms with van der Waals surface area (Å²) in [5.41, 5.74) is 0.112. The van der Waals surface area contributed by atoms with Crippen LogP contribution in [0.3, 0.4) is 0 Å². The average molecular weight is 300 g/mol. The number of aromatic nitrogens is 3. The second-order valence-corrected chi connectivity index (χ2v) is 6.90. The fraction of sp³-hybridized carbons (Fsp3) is 0.769. The Hall–Kier alpha value is -1.14. The summed E-state index contributed by atoms with van der Waals surface area (Å²) in [5, 5.41) is 7.11. The smallest absolute Gasteiger partial charge is 0.322 e. The monoisotopic (exact) mass is 299 g/mol. The van der Waals surface area contributed by atoms with Crippen LogP contribution < -0.4 is 15.4 Å². The molecule has 0 radical (unpaired) electrons. The van der Waals surface area contributed by atoms with E-state index < -0.39 is 0 Å². The van der Waals surface area contributed by atoms with Gasteiger partial charge in [-0.2, -0.15) is 15.0 Å². The van der Waals surface area contributed by atoms with Gasteiger partial charge in [0.2, 0.25) is 11.2 Å². The summed E-state index contributed by atoms with van der Waals surface area (Å²) >= 11 is 5.86. The van der Waals surface area contributed by atoms with Crippen molar-refractivity contribution < 1.29 is 4.74 Å². The molecule has 6 nitrogen and oxygen atoms in total. The molecule has 7 heteroatoms. The van der Waals surface area contributed by atoms with Crippen LogP contribution in [0.5, 0.6) is 6.01 Å². The van der Waals surface area contributed by atoms with Gasteiger partial charge in [0, 0.05) is 17.1 Å².